The monoisotopic (exact) mass is 442 g/mol. The van der Waals surface area contributed by atoms with Crippen molar-refractivity contribution in [1.29, 1.82) is 0 Å². The Morgan fingerprint density at radius 1 is 1.14 bits per heavy atom. The zero-order valence-corrected chi connectivity index (χ0v) is 16.5. The van der Waals surface area contributed by atoms with Gasteiger partial charge in [0.2, 0.25) is 0 Å². The number of epoxide rings is 1. The first-order valence-electron chi connectivity index (χ1n) is 7.50. The highest BCUT2D eigenvalue weighted by molar-refractivity contribution is 9.10. The molecule has 2 aliphatic carbocycles. The average Bonchev–Trinajstić information content (AvgIpc) is 3.00. The Morgan fingerprint density at radius 3 is 2.38 bits per heavy atom. The number of ether oxygens (including phenoxy) is 2. The minimum absolute atomic E-state index is 0.0182. The van der Waals surface area contributed by atoms with Gasteiger partial charge in [-0.05, 0) is 26.7 Å². The number of hydrogen-bond donors (Lipinski definition) is 1. The summed E-state index contributed by atoms with van der Waals surface area (Å²) in [5.41, 5.74) is -0.755. The van der Waals surface area contributed by atoms with Crippen molar-refractivity contribution in [3.05, 3.63) is 0 Å². The van der Waals surface area contributed by atoms with E-state index in [0.717, 1.165) is 12.8 Å². The van der Waals surface area contributed by atoms with Crippen molar-refractivity contribution in [3.63, 3.8) is 0 Å². The highest BCUT2D eigenvalue weighted by Gasteiger charge is 2.89. The lowest BCUT2D eigenvalue weighted by molar-refractivity contribution is -0.0937. The van der Waals surface area contributed by atoms with Crippen molar-refractivity contribution in [1.82, 2.24) is 0 Å². The molecule has 4 fully saturated rings. The van der Waals surface area contributed by atoms with Gasteiger partial charge in [-0.25, -0.2) is 0 Å². The average molecular weight is 445 g/mol. The van der Waals surface area contributed by atoms with Crippen LogP contribution in [0.4, 0.5) is 0 Å². The van der Waals surface area contributed by atoms with E-state index < -0.39 is 10.6 Å². The van der Waals surface area contributed by atoms with Crippen LogP contribution in [-0.2, 0) is 9.47 Å². The molecule has 3 nitrogen and oxygen atoms in total. The maximum Gasteiger partial charge on any atom is 0.157 e. The van der Waals surface area contributed by atoms with E-state index in [-0.39, 0.29) is 38.3 Å². The first-order valence-corrected chi connectivity index (χ1v) is 9.58. The second-order valence-electron chi connectivity index (χ2n) is 8.09. The third-order valence-corrected chi connectivity index (χ3v) is 10.6. The Bertz CT molecular complexity index is 527. The largest absolute Gasteiger partial charge is 0.386 e. The topological polar surface area (TPSA) is 42.0 Å². The van der Waals surface area contributed by atoms with E-state index in [0.29, 0.717) is 0 Å². The molecule has 0 aromatic rings. The van der Waals surface area contributed by atoms with E-state index >= 15 is 0 Å². The second-order valence-corrected chi connectivity index (χ2v) is 11.2. The maximum atomic E-state index is 10.8. The molecule has 21 heavy (non-hydrogen) atoms. The predicted octanol–water partition coefficient (Wildman–Crippen LogP) is 3.58. The number of halogens is 3. The number of rotatable bonds is 0. The molecule has 2 aliphatic heterocycles. The van der Waals surface area contributed by atoms with E-state index in [1.807, 2.05) is 0 Å². The quantitative estimate of drug-likeness (QED) is 0.459. The number of fused-ring (bicyclic) bond motifs is 2. The summed E-state index contributed by atoms with van der Waals surface area (Å²) in [5, 5.41) is 10.8. The molecule has 3 unspecified atom stereocenters. The van der Waals surface area contributed by atoms with E-state index in [9.17, 15) is 5.11 Å². The first-order chi connectivity index (χ1) is 9.44. The van der Waals surface area contributed by atoms with Gasteiger partial charge in [-0.2, -0.15) is 0 Å². The molecule has 0 amide bonds. The number of alkyl halides is 3. The highest BCUT2D eigenvalue weighted by atomic mass is 79.9. The molecular weight excluding hydrogens is 423 g/mol. The summed E-state index contributed by atoms with van der Waals surface area (Å²) in [5.74, 6) is 0. The van der Waals surface area contributed by atoms with Gasteiger partial charge in [-0.1, -0.05) is 45.7 Å². The lowest BCUT2D eigenvalue weighted by atomic mass is 9.47. The normalized spacial score (nSPS) is 67.4. The Hall–Kier alpha value is 1.13. The van der Waals surface area contributed by atoms with E-state index in [2.05, 4.69) is 59.6 Å². The van der Waals surface area contributed by atoms with Gasteiger partial charge in [0.1, 0.15) is 17.8 Å². The number of aliphatic hydroxyl groups is 1. The molecule has 1 spiro atoms. The Kier molecular flexibility index (Phi) is 2.87. The predicted molar refractivity (Wildman–Crippen MR) is 88.2 cm³/mol. The smallest absolute Gasteiger partial charge is 0.157 e. The third kappa shape index (κ3) is 1.41. The van der Waals surface area contributed by atoms with Crippen LogP contribution in [0.2, 0.25) is 0 Å². The Balaban J connectivity index is 1.92. The molecule has 2 saturated carbocycles. The fourth-order valence-corrected chi connectivity index (χ4v) is 7.22. The van der Waals surface area contributed by atoms with Gasteiger partial charge in [0.25, 0.3) is 0 Å². The summed E-state index contributed by atoms with van der Waals surface area (Å²) >= 11 is 14.3. The van der Waals surface area contributed by atoms with Crippen molar-refractivity contribution in [2.75, 3.05) is 0 Å². The van der Waals surface area contributed by atoms with Crippen LogP contribution in [0.3, 0.4) is 0 Å². The van der Waals surface area contributed by atoms with Gasteiger partial charge < -0.3 is 14.6 Å². The molecule has 6 heteroatoms. The fraction of sp³-hybridized carbons (Fsp3) is 1.00. The standard InChI is InChI=1S/C15H21Br2ClO3/c1-11(2)14-5-7(16)12(3,18)6-8(14)20-15(11,17)9(19)10-13(14,4)21-10/h7-10,19H,5-6H2,1-4H3/t7-,8?,9?,10+,12-,13+,14?,15-/m0/s1. The molecule has 0 aromatic carbocycles. The van der Waals surface area contributed by atoms with Crippen LogP contribution >= 0.6 is 43.5 Å². The van der Waals surface area contributed by atoms with Crippen LogP contribution in [0, 0.1) is 10.8 Å². The lowest BCUT2D eigenvalue weighted by Crippen LogP contribution is -2.66. The van der Waals surface area contributed by atoms with Crippen molar-refractivity contribution >= 4 is 43.5 Å². The second kappa shape index (κ2) is 3.85. The van der Waals surface area contributed by atoms with Crippen LogP contribution in [0.25, 0.3) is 0 Å². The molecule has 2 heterocycles. The molecule has 4 aliphatic rings. The summed E-state index contributed by atoms with van der Waals surface area (Å²) in [6.07, 6.45) is 0.797. The van der Waals surface area contributed by atoms with Crippen LogP contribution < -0.4 is 0 Å². The molecule has 120 valence electrons. The summed E-state index contributed by atoms with van der Waals surface area (Å²) in [6.45, 7) is 8.56. The van der Waals surface area contributed by atoms with E-state index in [1.54, 1.807) is 0 Å². The van der Waals surface area contributed by atoms with Crippen molar-refractivity contribution < 1.29 is 14.6 Å². The van der Waals surface area contributed by atoms with Crippen LogP contribution in [-0.4, -0.2) is 43.2 Å². The van der Waals surface area contributed by atoms with E-state index in [4.69, 9.17) is 21.1 Å². The molecule has 4 rings (SSSR count). The van der Waals surface area contributed by atoms with E-state index in [1.165, 1.54) is 0 Å². The van der Waals surface area contributed by atoms with Gasteiger partial charge in [0.15, 0.2) is 4.51 Å². The molecule has 8 atom stereocenters. The van der Waals surface area contributed by atoms with Gasteiger partial charge >= 0.3 is 0 Å². The van der Waals surface area contributed by atoms with Crippen molar-refractivity contribution in [3.8, 4) is 0 Å². The molecule has 0 aromatic heterocycles. The zero-order valence-electron chi connectivity index (χ0n) is 12.6. The lowest BCUT2D eigenvalue weighted by Gasteiger charge is -2.57. The van der Waals surface area contributed by atoms with Crippen LogP contribution in [0.15, 0.2) is 0 Å². The van der Waals surface area contributed by atoms with Gasteiger partial charge in [-0.15, -0.1) is 11.6 Å². The molecule has 1 N–H and O–H groups in total. The maximum absolute atomic E-state index is 10.8. The minimum atomic E-state index is -0.768. The minimum Gasteiger partial charge on any atom is -0.386 e. The van der Waals surface area contributed by atoms with Crippen LogP contribution in [0.1, 0.15) is 40.5 Å². The molecule has 2 saturated heterocycles. The molecule has 2 bridgehead atoms. The Labute approximate surface area is 147 Å². The Morgan fingerprint density at radius 2 is 1.76 bits per heavy atom. The summed E-state index contributed by atoms with van der Waals surface area (Å²) in [7, 11) is 0. The van der Waals surface area contributed by atoms with Crippen molar-refractivity contribution in [2.45, 2.75) is 78.7 Å². The zero-order chi connectivity index (χ0) is 15.6. The summed E-state index contributed by atoms with van der Waals surface area (Å²) < 4.78 is 11.7. The number of aliphatic hydroxyl groups excluding tert-OH is 1. The highest BCUT2D eigenvalue weighted by Crippen LogP contribution is 2.80. The summed E-state index contributed by atoms with van der Waals surface area (Å²) in [6, 6.07) is 0. The van der Waals surface area contributed by atoms with Crippen molar-refractivity contribution in [2.24, 2.45) is 10.8 Å². The SMILES string of the molecule is CC1(C)C23C[C@H](Br)[C@@](C)(Cl)CC2O[C@@]1(Br)C(O)[C@H]1O[C@]13C. The van der Waals surface area contributed by atoms with Gasteiger partial charge in [0, 0.05) is 15.7 Å². The van der Waals surface area contributed by atoms with Gasteiger partial charge in [-0.3, -0.25) is 0 Å². The summed E-state index contributed by atoms with van der Waals surface area (Å²) in [4.78, 5) is -0.156. The third-order valence-electron chi connectivity index (χ3n) is 6.98. The molecule has 0 radical (unpaired) electrons. The number of hydrogen-bond acceptors (Lipinski definition) is 3. The van der Waals surface area contributed by atoms with Gasteiger partial charge in [0.05, 0.1) is 11.0 Å². The first kappa shape index (κ1) is 15.6. The fourth-order valence-electron chi connectivity index (χ4n) is 5.48. The van der Waals surface area contributed by atoms with Crippen LogP contribution in [0.5, 0.6) is 0 Å². The molecular formula is C15H21Br2ClO3.